The molecule has 0 bridgehead atoms. The summed E-state index contributed by atoms with van der Waals surface area (Å²) >= 11 is 0. The highest BCUT2D eigenvalue weighted by atomic mass is 16.6. The van der Waals surface area contributed by atoms with Crippen LogP contribution in [0.4, 0.5) is 0 Å². The Morgan fingerprint density at radius 1 is 1.04 bits per heavy atom. The van der Waals surface area contributed by atoms with E-state index in [2.05, 4.69) is 0 Å². The van der Waals surface area contributed by atoms with Crippen LogP contribution in [0, 0.1) is 0 Å². The Kier molecular flexibility index (Phi) is 6.63. The summed E-state index contributed by atoms with van der Waals surface area (Å²) in [5.41, 5.74) is 1.91. The third-order valence-electron chi connectivity index (χ3n) is 4.22. The predicted octanol–water partition coefficient (Wildman–Crippen LogP) is 4.26. The van der Waals surface area contributed by atoms with Crippen molar-refractivity contribution in [3.05, 3.63) is 95.5 Å². The van der Waals surface area contributed by atoms with Crippen molar-refractivity contribution in [3.8, 4) is 0 Å². The van der Waals surface area contributed by atoms with Crippen LogP contribution in [0.2, 0.25) is 0 Å². The fourth-order valence-electron chi connectivity index (χ4n) is 2.90. The van der Waals surface area contributed by atoms with Gasteiger partial charge in [-0.3, -0.25) is 0 Å². The molecule has 5 heteroatoms. The van der Waals surface area contributed by atoms with Crippen molar-refractivity contribution in [1.82, 2.24) is 0 Å². The molecule has 1 atom stereocenters. The van der Waals surface area contributed by atoms with E-state index in [1.54, 1.807) is 13.0 Å². The predicted molar refractivity (Wildman–Crippen MR) is 104 cm³/mol. The number of carbonyl (C=O) groups is 2. The van der Waals surface area contributed by atoms with Gasteiger partial charge < -0.3 is 14.2 Å². The van der Waals surface area contributed by atoms with Crippen molar-refractivity contribution in [1.29, 1.82) is 0 Å². The van der Waals surface area contributed by atoms with Crippen LogP contribution in [-0.2, 0) is 30.4 Å². The maximum absolute atomic E-state index is 12.5. The largest absolute Gasteiger partial charge is 0.463 e. The van der Waals surface area contributed by atoms with E-state index in [1.165, 1.54) is 6.08 Å². The van der Waals surface area contributed by atoms with Crippen LogP contribution in [0.5, 0.6) is 0 Å². The van der Waals surface area contributed by atoms with Gasteiger partial charge in [0.2, 0.25) is 5.76 Å². The Balaban J connectivity index is 1.79. The molecule has 3 rings (SSSR count). The number of carbonyl (C=O) groups excluding carboxylic acids is 2. The van der Waals surface area contributed by atoms with Crippen LogP contribution >= 0.6 is 0 Å². The third kappa shape index (κ3) is 5.33. The summed E-state index contributed by atoms with van der Waals surface area (Å²) in [7, 11) is 0. The van der Waals surface area contributed by atoms with Gasteiger partial charge >= 0.3 is 11.9 Å². The lowest BCUT2D eigenvalue weighted by molar-refractivity contribution is -0.144. The standard InChI is InChI=1S/C23H22O5/c1-2-26-22(24)15-20-13-19(18-11-7-4-8-12-18)14-21(28-20)23(25)27-16-17-9-5-3-6-10-17/h3-12,14-15,19H,2,13,16H2,1H3/b20-15+/t19-/m0/s1. The molecule has 1 heterocycles. The SMILES string of the molecule is CCOC(=O)/C=C1\C[C@H](c2ccccc2)C=C(C(=O)OCc2ccccc2)O1. The number of rotatable bonds is 6. The molecule has 0 fully saturated rings. The maximum Gasteiger partial charge on any atom is 0.374 e. The Labute approximate surface area is 164 Å². The van der Waals surface area contributed by atoms with Crippen molar-refractivity contribution in [3.63, 3.8) is 0 Å². The number of esters is 2. The van der Waals surface area contributed by atoms with Crippen molar-refractivity contribution >= 4 is 11.9 Å². The summed E-state index contributed by atoms with van der Waals surface area (Å²) in [6, 6.07) is 19.1. The molecule has 0 aromatic heterocycles. The first-order valence-corrected chi connectivity index (χ1v) is 9.18. The van der Waals surface area contributed by atoms with E-state index in [9.17, 15) is 9.59 Å². The molecular weight excluding hydrogens is 356 g/mol. The Morgan fingerprint density at radius 3 is 2.39 bits per heavy atom. The van der Waals surface area contributed by atoms with Crippen LogP contribution in [0.3, 0.4) is 0 Å². The summed E-state index contributed by atoms with van der Waals surface area (Å²) in [6.07, 6.45) is 3.49. The van der Waals surface area contributed by atoms with Gasteiger partial charge in [-0.25, -0.2) is 9.59 Å². The highest BCUT2D eigenvalue weighted by Crippen LogP contribution is 2.33. The fourth-order valence-corrected chi connectivity index (χ4v) is 2.90. The molecule has 1 aliphatic heterocycles. The molecule has 1 aliphatic rings. The zero-order valence-electron chi connectivity index (χ0n) is 15.7. The van der Waals surface area contributed by atoms with Crippen LogP contribution in [-0.4, -0.2) is 18.5 Å². The summed E-state index contributed by atoms with van der Waals surface area (Å²) in [5.74, 6) is -0.717. The lowest BCUT2D eigenvalue weighted by Crippen LogP contribution is -2.18. The monoisotopic (exact) mass is 378 g/mol. The molecule has 144 valence electrons. The molecular formula is C23H22O5. The van der Waals surface area contributed by atoms with Gasteiger partial charge in [0.1, 0.15) is 12.4 Å². The average molecular weight is 378 g/mol. The smallest absolute Gasteiger partial charge is 0.374 e. The highest BCUT2D eigenvalue weighted by molar-refractivity contribution is 5.87. The van der Waals surface area contributed by atoms with Crippen molar-refractivity contribution in [2.45, 2.75) is 25.9 Å². The number of allylic oxidation sites excluding steroid dienone is 2. The molecule has 0 saturated heterocycles. The van der Waals surface area contributed by atoms with E-state index in [0.29, 0.717) is 12.2 Å². The second-order valence-corrected chi connectivity index (χ2v) is 6.28. The highest BCUT2D eigenvalue weighted by Gasteiger charge is 2.26. The van der Waals surface area contributed by atoms with E-state index in [0.717, 1.165) is 11.1 Å². The van der Waals surface area contributed by atoms with Gasteiger partial charge in [-0.2, -0.15) is 0 Å². The molecule has 28 heavy (non-hydrogen) atoms. The molecule has 0 aliphatic carbocycles. The van der Waals surface area contributed by atoms with Gasteiger partial charge in [0.25, 0.3) is 0 Å². The summed E-state index contributed by atoms with van der Waals surface area (Å²) in [5, 5.41) is 0. The van der Waals surface area contributed by atoms with E-state index in [-0.39, 0.29) is 24.9 Å². The normalized spacial score (nSPS) is 17.4. The molecule has 0 radical (unpaired) electrons. The topological polar surface area (TPSA) is 61.8 Å². The Bertz CT molecular complexity index is 868. The van der Waals surface area contributed by atoms with Gasteiger partial charge in [-0.1, -0.05) is 60.7 Å². The Morgan fingerprint density at radius 2 is 1.71 bits per heavy atom. The molecule has 0 saturated carbocycles. The first-order chi connectivity index (χ1) is 13.7. The van der Waals surface area contributed by atoms with Crippen LogP contribution < -0.4 is 0 Å². The van der Waals surface area contributed by atoms with Gasteiger partial charge in [0.05, 0.1) is 12.7 Å². The minimum atomic E-state index is -0.570. The second-order valence-electron chi connectivity index (χ2n) is 6.28. The van der Waals surface area contributed by atoms with Crippen LogP contribution in [0.25, 0.3) is 0 Å². The summed E-state index contributed by atoms with van der Waals surface area (Å²) in [4.78, 5) is 24.4. The summed E-state index contributed by atoms with van der Waals surface area (Å²) < 4.78 is 16.0. The molecule has 2 aromatic rings. The van der Waals surface area contributed by atoms with Gasteiger partial charge in [-0.15, -0.1) is 0 Å². The average Bonchev–Trinajstić information content (AvgIpc) is 2.73. The first-order valence-electron chi connectivity index (χ1n) is 9.18. The van der Waals surface area contributed by atoms with Gasteiger partial charge in [0.15, 0.2) is 0 Å². The van der Waals surface area contributed by atoms with Crippen LogP contribution in [0.15, 0.2) is 84.3 Å². The molecule has 5 nitrogen and oxygen atoms in total. The lowest BCUT2D eigenvalue weighted by atomic mass is 9.92. The molecule has 0 unspecified atom stereocenters. The molecule has 0 amide bonds. The lowest BCUT2D eigenvalue weighted by Gasteiger charge is -2.23. The van der Waals surface area contributed by atoms with Crippen molar-refractivity contribution in [2.24, 2.45) is 0 Å². The van der Waals surface area contributed by atoms with E-state index in [4.69, 9.17) is 14.2 Å². The maximum atomic E-state index is 12.5. The Hall–Kier alpha value is -3.34. The van der Waals surface area contributed by atoms with Crippen LogP contribution in [0.1, 0.15) is 30.4 Å². The first kappa shape index (κ1) is 19.4. The third-order valence-corrected chi connectivity index (χ3v) is 4.22. The zero-order valence-corrected chi connectivity index (χ0v) is 15.7. The number of benzene rings is 2. The molecule has 0 spiro atoms. The molecule has 0 N–H and O–H groups in total. The minimum absolute atomic E-state index is 0.0755. The van der Waals surface area contributed by atoms with E-state index in [1.807, 2.05) is 60.7 Å². The molecule has 2 aromatic carbocycles. The van der Waals surface area contributed by atoms with E-state index < -0.39 is 11.9 Å². The van der Waals surface area contributed by atoms with Crippen molar-refractivity contribution in [2.75, 3.05) is 6.61 Å². The fraction of sp³-hybridized carbons (Fsp3) is 0.217. The van der Waals surface area contributed by atoms with Gasteiger partial charge in [0, 0.05) is 12.3 Å². The van der Waals surface area contributed by atoms with Crippen molar-refractivity contribution < 1.29 is 23.8 Å². The van der Waals surface area contributed by atoms with Gasteiger partial charge in [-0.05, 0) is 24.1 Å². The summed E-state index contributed by atoms with van der Waals surface area (Å²) in [6.45, 7) is 2.15. The quantitative estimate of drug-likeness (QED) is 0.555. The number of hydrogen-bond acceptors (Lipinski definition) is 5. The second kappa shape index (κ2) is 9.55. The minimum Gasteiger partial charge on any atom is -0.463 e. The zero-order chi connectivity index (χ0) is 19.8. The van der Waals surface area contributed by atoms with E-state index >= 15 is 0 Å². The number of ether oxygens (including phenoxy) is 3. The number of hydrogen-bond donors (Lipinski definition) is 0.